The number of anilines is 8. The highest BCUT2D eigenvalue weighted by atomic mass is 15.2. The monoisotopic (exact) mass is 943 g/mol. The molecule has 0 aromatic heterocycles. The highest BCUT2D eigenvalue weighted by molar-refractivity contribution is 7.05. The molecular weight excluding hydrogens is 881 g/mol. The molecule has 0 aliphatic carbocycles. The van der Waals surface area contributed by atoms with Crippen molar-refractivity contribution in [2.24, 2.45) is 0 Å². The lowest BCUT2D eigenvalue weighted by Gasteiger charge is -2.50. The van der Waals surface area contributed by atoms with Gasteiger partial charge in [0.1, 0.15) is 0 Å². The molecule has 0 bridgehead atoms. The van der Waals surface area contributed by atoms with E-state index in [2.05, 4.69) is 230 Å². The average molecular weight is 943 g/mol. The molecule has 4 aliphatic rings. The average Bonchev–Trinajstić information content (AvgIpc) is 3.38. The van der Waals surface area contributed by atoms with E-state index in [1.807, 2.05) is 24.3 Å². The van der Waals surface area contributed by atoms with Gasteiger partial charge in [-0.25, -0.2) is 0 Å². The van der Waals surface area contributed by atoms with Crippen LogP contribution in [0.5, 0.6) is 0 Å². The fraction of sp³-hybridized carbons (Fsp3) is 0.182. The van der Waals surface area contributed by atoms with E-state index in [1.165, 1.54) is 111 Å². The lowest BCUT2D eigenvalue weighted by atomic mass is 9.28. The third-order valence-electron chi connectivity index (χ3n) is 16.5. The van der Waals surface area contributed by atoms with Crippen LogP contribution >= 0.6 is 0 Å². The van der Waals surface area contributed by atoms with Crippen LogP contribution in [0, 0.1) is 0 Å². The zero-order chi connectivity index (χ0) is 50.5. The summed E-state index contributed by atoms with van der Waals surface area (Å²) in [5, 5.41) is 0. The summed E-state index contributed by atoms with van der Waals surface area (Å²) in [6.45, 7) is 20.8. The van der Waals surface area contributed by atoms with Crippen molar-refractivity contribution in [3.63, 3.8) is 0 Å². The number of nitrogens with zero attached hydrogens (tertiary/aromatic N) is 2. The number of nitrogen functional groups attached to an aromatic ring is 2. The number of fused-ring (bicyclic) bond motifs is 8. The Morgan fingerprint density at radius 2 is 0.726 bits per heavy atom. The maximum atomic E-state index is 6.40. The van der Waals surface area contributed by atoms with Crippen LogP contribution in [0.15, 0.2) is 182 Å². The van der Waals surface area contributed by atoms with E-state index in [-0.39, 0.29) is 36.4 Å². The predicted molar refractivity (Wildman–Crippen MR) is 318 cm³/mol. The minimum Gasteiger partial charge on any atom is -0.399 e. The Kier molecular flexibility index (Phi) is 9.88. The molecule has 9 aromatic rings. The standard InChI is InChI=1S/C66H61B3N4/c1-64(2,3)44-22-26-47(27-23-44)67-51-13-10-11-16-57(51)72-59-38-46(66(7,8)9)39-60-61(59)69(56-37-43(36-55(67)63(56)72)41-19-32-50(71)33-20-41)53-15-12-14-52-62(53)73(60)58-34-21-42(40-17-30-49(70)31-18-40)35-54(58)68(52)48-28-24-45(25-29-48)65(4,5)6/h10-39H,70-71H2,1-9H3. The molecule has 354 valence electrons. The van der Waals surface area contributed by atoms with Gasteiger partial charge in [-0.3, -0.25) is 0 Å². The molecule has 4 heterocycles. The van der Waals surface area contributed by atoms with Gasteiger partial charge in [0.05, 0.1) is 0 Å². The van der Waals surface area contributed by atoms with Gasteiger partial charge in [0.2, 0.25) is 13.4 Å². The number of nitrogens with two attached hydrogens (primary N) is 2. The van der Waals surface area contributed by atoms with E-state index in [9.17, 15) is 0 Å². The molecule has 0 spiro atoms. The van der Waals surface area contributed by atoms with E-state index in [0.29, 0.717) is 0 Å². The lowest BCUT2D eigenvalue weighted by Crippen LogP contribution is -2.69. The maximum Gasteiger partial charge on any atom is 0.252 e. The highest BCUT2D eigenvalue weighted by Gasteiger charge is 2.51. The van der Waals surface area contributed by atoms with Crippen LogP contribution in [0.1, 0.15) is 79.0 Å². The van der Waals surface area contributed by atoms with Crippen molar-refractivity contribution in [2.45, 2.75) is 78.6 Å². The third kappa shape index (κ3) is 7.06. The zero-order valence-electron chi connectivity index (χ0n) is 43.6. The lowest BCUT2D eigenvalue weighted by molar-refractivity contribution is 0.590. The van der Waals surface area contributed by atoms with E-state index >= 15 is 0 Å². The van der Waals surface area contributed by atoms with E-state index < -0.39 is 0 Å². The minimum absolute atomic E-state index is 0.00289. The van der Waals surface area contributed by atoms with Crippen molar-refractivity contribution in [2.75, 3.05) is 21.3 Å². The summed E-state index contributed by atoms with van der Waals surface area (Å²) in [5.74, 6) is 0. The van der Waals surface area contributed by atoms with Crippen LogP contribution < -0.4 is 70.4 Å². The van der Waals surface area contributed by atoms with Gasteiger partial charge in [-0.1, -0.05) is 207 Å². The molecule has 0 unspecified atom stereocenters. The molecule has 0 saturated heterocycles. The van der Waals surface area contributed by atoms with Crippen molar-refractivity contribution in [3.05, 3.63) is 199 Å². The summed E-state index contributed by atoms with van der Waals surface area (Å²) in [6.07, 6.45) is 0. The molecule has 0 atom stereocenters. The molecule has 4 N–H and O–H groups in total. The molecule has 0 radical (unpaired) electrons. The Labute approximate surface area is 433 Å². The molecular formula is C66H61B3N4. The molecule has 7 heteroatoms. The van der Waals surface area contributed by atoms with Crippen LogP contribution in [0.25, 0.3) is 22.3 Å². The molecule has 0 amide bonds. The van der Waals surface area contributed by atoms with Gasteiger partial charge in [0, 0.05) is 45.5 Å². The van der Waals surface area contributed by atoms with Crippen LogP contribution in [-0.4, -0.2) is 20.1 Å². The molecule has 0 fully saturated rings. The second-order valence-corrected chi connectivity index (χ2v) is 24.3. The first-order valence-corrected chi connectivity index (χ1v) is 26.2. The Morgan fingerprint density at radius 1 is 0.315 bits per heavy atom. The molecule has 4 aliphatic heterocycles. The first-order valence-electron chi connectivity index (χ1n) is 26.2. The summed E-state index contributed by atoms with van der Waals surface area (Å²) in [5.41, 5.74) is 42.2. The zero-order valence-corrected chi connectivity index (χ0v) is 43.6. The van der Waals surface area contributed by atoms with Crippen LogP contribution in [-0.2, 0) is 16.2 Å². The molecule has 0 saturated carbocycles. The number of benzene rings is 9. The van der Waals surface area contributed by atoms with Crippen LogP contribution in [0.4, 0.5) is 45.5 Å². The summed E-state index contributed by atoms with van der Waals surface area (Å²) in [7, 11) is 0. The number of hydrogen-bond donors (Lipinski definition) is 2. The van der Waals surface area contributed by atoms with Crippen molar-refractivity contribution < 1.29 is 0 Å². The van der Waals surface area contributed by atoms with Gasteiger partial charge >= 0.3 is 0 Å². The second-order valence-electron chi connectivity index (χ2n) is 24.3. The van der Waals surface area contributed by atoms with Crippen molar-refractivity contribution in [1.29, 1.82) is 0 Å². The topological polar surface area (TPSA) is 58.5 Å². The van der Waals surface area contributed by atoms with Gasteiger partial charge in [-0.15, -0.1) is 0 Å². The normalized spacial score (nSPS) is 14.1. The van der Waals surface area contributed by atoms with Gasteiger partial charge in [0.25, 0.3) is 6.71 Å². The first-order chi connectivity index (χ1) is 34.9. The summed E-state index contributed by atoms with van der Waals surface area (Å²) < 4.78 is 0. The van der Waals surface area contributed by atoms with Gasteiger partial charge < -0.3 is 21.3 Å². The van der Waals surface area contributed by atoms with Gasteiger partial charge in [-0.05, 0) is 142 Å². The number of rotatable bonds is 4. The molecule has 9 aromatic carbocycles. The fourth-order valence-corrected chi connectivity index (χ4v) is 12.7. The summed E-state index contributed by atoms with van der Waals surface area (Å²) in [6, 6.07) is 69.4. The van der Waals surface area contributed by atoms with E-state index in [0.717, 1.165) is 22.5 Å². The largest absolute Gasteiger partial charge is 0.399 e. The molecule has 4 nitrogen and oxygen atoms in total. The number of para-hydroxylation sites is 2. The summed E-state index contributed by atoms with van der Waals surface area (Å²) in [4.78, 5) is 5.31. The maximum absolute atomic E-state index is 6.40. The van der Waals surface area contributed by atoms with Crippen molar-refractivity contribution >= 4 is 115 Å². The Bertz CT molecular complexity index is 3710. The van der Waals surface area contributed by atoms with E-state index in [4.69, 9.17) is 11.5 Å². The smallest absolute Gasteiger partial charge is 0.252 e. The number of hydrogen-bond acceptors (Lipinski definition) is 4. The Hall–Kier alpha value is -7.63. The van der Waals surface area contributed by atoms with Crippen LogP contribution in [0.3, 0.4) is 0 Å². The second kappa shape index (κ2) is 15.9. The SMILES string of the molecule is CC(C)(C)c1ccc(B2c3cc(-c4ccc(N)cc4)ccc3N3c4cc(C(C)(C)C)cc5c4B(c4cccc2c43)c2cc(-c3ccc(N)cc3)cc3c2N5c2ccccc2B3c2ccc(C(C)(C)C)cc2)cc1. The molecule has 13 rings (SSSR count). The summed E-state index contributed by atoms with van der Waals surface area (Å²) >= 11 is 0. The predicted octanol–water partition coefficient (Wildman–Crippen LogP) is 9.82. The Balaban J connectivity index is 1.13. The van der Waals surface area contributed by atoms with Crippen LogP contribution in [0.2, 0.25) is 0 Å². The quantitative estimate of drug-likeness (QED) is 0.136. The highest BCUT2D eigenvalue weighted by Crippen LogP contribution is 2.47. The van der Waals surface area contributed by atoms with E-state index in [1.54, 1.807) is 0 Å². The fourth-order valence-electron chi connectivity index (χ4n) is 12.7. The van der Waals surface area contributed by atoms with Crippen molar-refractivity contribution in [3.8, 4) is 22.3 Å². The molecule has 73 heavy (non-hydrogen) atoms. The van der Waals surface area contributed by atoms with Gasteiger partial charge in [-0.2, -0.15) is 0 Å². The van der Waals surface area contributed by atoms with Gasteiger partial charge in [0.15, 0.2) is 0 Å². The third-order valence-corrected chi connectivity index (χ3v) is 16.5. The minimum atomic E-state index is -0.148. The van der Waals surface area contributed by atoms with Crippen molar-refractivity contribution in [1.82, 2.24) is 0 Å². The Morgan fingerprint density at radius 3 is 1.26 bits per heavy atom. The first kappa shape index (κ1) is 45.3.